The van der Waals surface area contributed by atoms with E-state index in [-0.39, 0.29) is 0 Å². The van der Waals surface area contributed by atoms with Crippen molar-refractivity contribution in [2.75, 3.05) is 18.0 Å². The second kappa shape index (κ2) is 5.49. The number of hydrogen-bond acceptors (Lipinski definition) is 4. The normalized spacial score (nSPS) is 14.1. The summed E-state index contributed by atoms with van der Waals surface area (Å²) in [6.07, 6.45) is 6.03. The van der Waals surface area contributed by atoms with E-state index in [2.05, 4.69) is 31.8 Å². The summed E-state index contributed by atoms with van der Waals surface area (Å²) in [4.78, 5) is 11.0. The van der Waals surface area contributed by atoms with Crippen molar-refractivity contribution in [1.82, 2.24) is 19.6 Å². The third-order valence-corrected chi connectivity index (χ3v) is 3.70. The average Bonchev–Trinajstić information content (AvgIpc) is 3.22. The summed E-state index contributed by atoms with van der Waals surface area (Å²) in [5.41, 5.74) is 1.81. The SMILES string of the molecule is C(#Cc1cnc2nc(N3CCCC3)nn2c1)c1ccccc1. The highest BCUT2D eigenvalue weighted by atomic mass is 15.4. The van der Waals surface area contributed by atoms with Crippen LogP contribution in [0.1, 0.15) is 24.0 Å². The minimum atomic E-state index is 0.618. The summed E-state index contributed by atoms with van der Waals surface area (Å²) in [5, 5.41) is 4.51. The van der Waals surface area contributed by atoms with E-state index >= 15 is 0 Å². The van der Waals surface area contributed by atoms with Crippen molar-refractivity contribution < 1.29 is 0 Å². The van der Waals surface area contributed by atoms with Gasteiger partial charge in [-0.1, -0.05) is 30.0 Å². The van der Waals surface area contributed by atoms with E-state index < -0.39 is 0 Å². The largest absolute Gasteiger partial charge is 0.339 e. The van der Waals surface area contributed by atoms with Gasteiger partial charge in [-0.25, -0.2) is 9.50 Å². The van der Waals surface area contributed by atoms with Crippen molar-refractivity contribution in [1.29, 1.82) is 0 Å². The summed E-state index contributed by atoms with van der Waals surface area (Å²) in [6, 6.07) is 9.91. The Morgan fingerprint density at radius 2 is 1.73 bits per heavy atom. The van der Waals surface area contributed by atoms with Gasteiger partial charge in [0.1, 0.15) is 0 Å². The number of aromatic nitrogens is 4. The Morgan fingerprint density at radius 3 is 2.55 bits per heavy atom. The summed E-state index contributed by atoms with van der Waals surface area (Å²) < 4.78 is 1.71. The summed E-state index contributed by atoms with van der Waals surface area (Å²) in [7, 11) is 0. The molecule has 0 amide bonds. The first-order valence-corrected chi connectivity index (χ1v) is 7.43. The molecule has 1 saturated heterocycles. The van der Waals surface area contributed by atoms with Gasteiger partial charge in [-0.05, 0) is 25.0 Å². The lowest BCUT2D eigenvalue weighted by Gasteiger charge is -2.10. The molecule has 0 N–H and O–H groups in total. The molecule has 0 aliphatic carbocycles. The van der Waals surface area contributed by atoms with Crippen LogP contribution in [0, 0.1) is 11.8 Å². The van der Waals surface area contributed by atoms with Crippen molar-refractivity contribution in [2.45, 2.75) is 12.8 Å². The quantitative estimate of drug-likeness (QED) is 0.644. The molecule has 0 unspecified atom stereocenters. The lowest BCUT2D eigenvalue weighted by atomic mass is 10.2. The van der Waals surface area contributed by atoms with Crippen molar-refractivity contribution >= 4 is 11.7 Å². The van der Waals surface area contributed by atoms with Crippen LogP contribution in [0.15, 0.2) is 42.7 Å². The van der Waals surface area contributed by atoms with E-state index in [4.69, 9.17) is 0 Å². The van der Waals surface area contributed by atoms with E-state index in [1.807, 2.05) is 36.5 Å². The molecular formula is C17H15N5. The van der Waals surface area contributed by atoms with Gasteiger partial charge in [-0.2, -0.15) is 4.98 Å². The van der Waals surface area contributed by atoms with Gasteiger partial charge in [0.25, 0.3) is 5.78 Å². The van der Waals surface area contributed by atoms with E-state index in [0.717, 1.165) is 30.2 Å². The molecule has 0 radical (unpaired) electrons. The molecule has 22 heavy (non-hydrogen) atoms. The molecule has 0 spiro atoms. The molecule has 0 atom stereocenters. The number of hydrogen-bond donors (Lipinski definition) is 0. The molecule has 1 aliphatic heterocycles. The Labute approximate surface area is 128 Å². The molecule has 1 aromatic carbocycles. The Bertz CT molecular complexity index is 851. The molecule has 1 fully saturated rings. The number of nitrogens with zero attached hydrogens (tertiary/aromatic N) is 5. The van der Waals surface area contributed by atoms with Crippen molar-refractivity contribution in [3.8, 4) is 11.8 Å². The number of benzene rings is 1. The van der Waals surface area contributed by atoms with Crippen LogP contribution in [0.3, 0.4) is 0 Å². The molecule has 108 valence electrons. The zero-order chi connectivity index (χ0) is 14.8. The van der Waals surface area contributed by atoms with Gasteiger partial charge in [-0.3, -0.25) is 0 Å². The Balaban J connectivity index is 1.64. The number of fused-ring (bicyclic) bond motifs is 1. The van der Waals surface area contributed by atoms with Gasteiger partial charge in [0, 0.05) is 31.0 Å². The maximum absolute atomic E-state index is 4.51. The first-order valence-electron chi connectivity index (χ1n) is 7.43. The monoisotopic (exact) mass is 289 g/mol. The van der Waals surface area contributed by atoms with Crippen LogP contribution in [0.5, 0.6) is 0 Å². The van der Waals surface area contributed by atoms with Crippen LogP contribution in [0.2, 0.25) is 0 Å². The minimum Gasteiger partial charge on any atom is -0.339 e. The van der Waals surface area contributed by atoms with Gasteiger partial charge in [0.05, 0.1) is 5.56 Å². The van der Waals surface area contributed by atoms with E-state index in [0.29, 0.717) is 5.78 Å². The predicted molar refractivity (Wildman–Crippen MR) is 84.7 cm³/mol. The second-order valence-electron chi connectivity index (χ2n) is 5.31. The number of anilines is 1. The van der Waals surface area contributed by atoms with Crippen LogP contribution in [-0.2, 0) is 0 Å². The first-order chi connectivity index (χ1) is 10.9. The Morgan fingerprint density at radius 1 is 0.955 bits per heavy atom. The van der Waals surface area contributed by atoms with Gasteiger partial charge in [0.2, 0.25) is 5.95 Å². The van der Waals surface area contributed by atoms with Crippen molar-refractivity contribution in [2.24, 2.45) is 0 Å². The molecule has 0 bridgehead atoms. The minimum absolute atomic E-state index is 0.618. The molecular weight excluding hydrogens is 274 g/mol. The Hall–Kier alpha value is -2.87. The topological polar surface area (TPSA) is 46.3 Å². The van der Waals surface area contributed by atoms with Crippen LogP contribution in [0.25, 0.3) is 5.78 Å². The fraction of sp³-hybridized carbons (Fsp3) is 0.235. The van der Waals surface area contributed by atoms with Crippen molar-refractivity contribution in [3.63, 3.8) is 0 Å². The lowest BCUT2D eigenvalue weighted by Crippen LogP contribution is -2.19. The molecule has 0 saturated carbocycles. The second-order valence-corrected chi connectivity index (χ2v) is 5.31. The van der Waals surface area contributed by atoms with Crippen LogP contribution in [-0.4, -0.2) is 32.7 Å². The Kier molecular flexibility index (Phi) is 3.20. The maximum atomic E-state index is 4.51. The van der Waals surface area contributed by atoms with Gasteiger partial charge >= 0.3 is 0 Å². The van der Waals surface area contributed by atoms with Crippen LogP contribution in [0.4, 0.5) is 5.95 Å². The summed E-state index contributed by atoms with van der Waals surface area (Å²) >= 11 is 0. The molecule has 1 aliphatic rings. The van der Waals surface area contributed by atoms with Crippen LogP contribution >= 0.6 is 0 Å². The van der Waals surface area contributed by atoms with E-state index in [1.54, 1.807) is 10.7 Å². The first kappa shape index (κ1) is 12.8. The van der Waals surface area contributed by atoms with E-state index in [1.165, 1.54) is 12.8 Å². The van der Waals surface area contributed by atoms with Gasteiger partial charge < -0.3 is 4.90 Å². The highest BCUT2D eigenvalue weighted by Gasteiger charge is 2.17. The maximum Gasteiger partial charge on any atom is 0.254 e. The molecule has 5 nitrogen and oxygen atoms in total. The van der Waals surface area contributed by atoms with Crippen molar-refractivity contribution in [3.05, 3.63) is 53.9 Å². The summed E-state index contributed by atoms with van der Waals surface area (Å²) in [6.45, 7) is 2.05. The highest BCUT2D eigenvalue weighted by molar-refractivity contribution is 5.44. The smallest absolute Gasteiger partial charge is 0.254 e. The molecule has 2 aromatic heterocycles. The fourth-order valence-corrected chi connectivity index (χ4v) is 2.55. The zero-order valence-corrected chi connectivity index (χ0v) is 12.1. The average molecular weight is 289 g/mol. The zero-order valence-electron chi connectivity index (χ0n) is 12.1. The molecule has 4 rings (SSSR count). The standard InChI is InChI=1S/C17H15N5/c1-2-6-14(7-3-1)8-9-15-12-18-16-19-17(20-22(16)13-15)21-10-4-5-11-21/h1-3,6-7,12-13H,4-5,10-11H2. The summed E-state index contributed by atoms with van der Waals surface area (Å²) in [5.74, 6) is 7.62. The third-order valence-electron chi connectivity index (χ3n) is 3.70. The van der Waals surface area contributed by atoms with Gasteiger partial charge in [0.15, 0.2) is 0 Å². The fourth-order valence-electron chi connectivity index (χ4n) is 2.55. The highest BCUT2D eigenvalue weighted by Crippen LogP contribution is 2.16. The third kappa shape index (κ3) is 2.51. The molecule has 5 heteroatoms. The van der Waals surface area contributed by atoms with E-state index in [9.17, 15) is 0 Å². The predicted octanol–water partition coefficient (Wildman–Crippen LogP) is 2.12. The van der Waals surface area contributed by atoms with Crippen LogP contribution < -0.4 is 4.90 Å². The molecule has 3 heterocycles. The lowest BCUT2D eigenvalue weighted by molar-refractivity contribution is 0.870. The molecule has 3 aromatic rings. The van der Waals surface area contributed by atoms with Gasteiger partial charge in [-0.15, -0.1) is 5.10 Å². The number of rotatable bonds is 1.